The Kier molecular flexibility index (Phi) is 5.84. The van der Waals surface area contributed by atoms with Crippen molar-refractivity contribution in [2.45, 2.75) is 82.8 Å². The summed E-state index contributed by atoms with van der Waals surface area (Å²) in [6, 6.07) is 21.2. The topological polar surface area (TPSA) is 25.2 Å². The van der Waals surface area contributed by atoms with Crippen LogP contribution in [0.5, 0.6) is 0 Å². The van der Waals surface area contributed by atoms with E-state index in [1.54, 1.807) is 0 Å². The lowest BCUT2D eigenvalue weighted by Gasteiger charge is -2.39. The highest BCUT2D eigenvalue weighted by atomic mass is 16.1. The van der Waals surface area contributed by atoms with E-state index in [0.29, 0.717) is 12.2 Å². The molecule has 0 spiro atoms. The fraction of sp³-hybridized carbons (Fsp3) is 0.500. The Bertz CT molecular complexity index is 1120. The van der Waals surface area contributed by atoms with Gasteiger partial charge in [-0.1, -0.05) is 48.5 Å². The zero-order valence-corrected chi connectivity index (χ0v) is 19.7. The van der Waals surface area contributed by atoms with E-state index < -0.39 is 0 Å². The average Bonchev–Trinajstić information content (AvgIpc) is 3.29. The molecule has 2 unspecified atom stereocenters. The second kappa shape index (κ2) is 9.10. The number of carbonyl (C=O) groups is 1. The molecule has 2 aromatic carbocycles. The van der Waals surface area contributed by atoms with Gasteiger partial charge in [0.25, 0.3) is 0 Å². The number of carbonyl (C=O) groups excluding carboxylic acids is 1. The van der Waals surface area contributed by atoms with Gasteiger partial charge in [0.05, 0.1) is 0 Å². The molecule has 6 rings (SSSR count). The van der Waals surface area contributed by atoms with Crippen LogP contribution in [0.3, 0.4) is 0 Å². The van der Waals surface area contributed by atoms with E-state index in [4.69, 9.17) is 0 Å². The summed E-state index contributed by atoms with van der Waals surface area (Å²) in [6.45, 7) is 2.24. The number of nitrogens with zero attached hydrogens (tertiary/aromatic N) is 2. The van der Waals surface area contributed by atoms with Gasteiger partial charge in [-0.25, -0.2) is 0 Å². The second-order valence-electron chi connectivity index (χ2n) is 10.6. The molecule has 0 radical (unpaired) electrons. The molecule has 2 fully saturated rings. The van der Waals surface area contributed by atoms with Crippen LogP contribution in [0.25, 0.3) is 10.9 Å². The van der Waals surface area contributed by atoms with E-state index in [1.165, 1.54) is 73.7 Å². The van der Waals surface area contributed by atoms with Gasteiger partial charge in [-0.3, -0.25) is 9.69 Å². The highest BCUT2D eigenvalue weighted by Gasteiger charge is 2.39. The van der Waals surface area contributed by atoms with Crippen molar-refractivity contribution in [2.24, 2.45) is 5.92 Å². The summed E-state index contributed by atoms with van der Waals surface area (Å²) < 4.78 is 2.48. The fourth-order valence-electron chi connectivity index (χ4n) is 7.14. The minimum absolute atomic E-state index is 0.349. The predicted molar refractivity (Wildman–Crippen MR) is 135 cm³/mol. The molecular weight excluding hydrogens is 404 g/mol. The van der Waals surface area contributed by atoms with Crippen molar-refractivity contribution in [2.75, 3.05) is 6.54 Å². The normalized spacial score (nSPS) is 25.0. The first-order valence-corrected chi connectivity index (χ1v) is 13.2. The molecule has 2 saturated heterocycles. The van der Waals surface area contributed by atoms with Gasteiger partial charge >= 0.3 is 0 Å². The van der Waals surface area contributed by atoms with Crippen LogP contribution in [0, 0.1) is 5.92 Å². The molecule has 3 aromatic rings. The van der Waals surface area contributed by atoms with Crippen molar-refractivity contribution >= 4 is 16.7 Å². The lowest BCUT2D eigenvalue weighted by atomic mass is 9.86. The first-order valence-electron chi connectivity index (χ1n) is 13.2. The van der Waals surface area contributed by atoms with Gasteiger partial charge in [0.15, 0.2) is 5.78 Å². The maximum absolute atomic E-state index is 12.7. The number of benzene rings is 2. The molecular formula is C30H36N2O. The zero-order chi connectivity index (χ0) is 22.2. The van der Waals surface area contributed by atoms with Crippen LogP contribution in [-0.2, 0) is 19.4 Å². The number of ketones is 1. The summed E-state index contributed by atoms with van der Waals surface area (Å²) in [5, 5.41) is 1.18. The van der Waals surface area contributed by atoms with Crippen LogP contribution >= 0.6 is 0 Å². The molecule has 33 heavy (non-hydrogen) atoms. The van der Waals surface area contributed by atoms with Gasteiger partial charge < -0.3 is 4.57 Å². The predicted octanol–water partition coefficient (Wildman–Crippen LogP) is 6.43. The number of rotatable bonds is 7. The van der Waals surface area contributed by atoms with Crippen molar-refractivity contribution in [3.63, 3.8) is 0 Å². The fourth-order valence-corrected chi connectivity index (χ4v) is 7.14. The first-order chi connectivity index (χ1) is 16.3. The van der Waals surface area contributed by atoms with Crippen molar-refractivity contribution in [1.29, 1.82) is 0 Å². The Labute approximate surface area is 197 Å². The molecule has 0 N–H and O–H groups in total. The average molecular weight is 441 g/mol. The van der Waals surface area contributed by atoms with E-state index >= 15 is 0 Å². The van der Waals surface area contributed by atoms with Crippen LogP contribution in [0.15, 0.2) is 54.6 Å². The number of piperidine rings is 1. The highest BCUT2D eigenvalue weighted by Crippen LogP contribution is 2.40. The van der Waals surface area contributed by atoms with Gasteiger partial charge in [0, 0.05) is 53.8 Å². The van der Waals surface area contributed by atoms with Gasteiger partial charge in [0.1, 0.15) is 0 Å². The van der Waals surface area contributed by atoms with Gasteiger partial charge in [-0.2, -0.15) is 0 Å². The molecule has 1 aliphatic carbocycles. The number of aryl methyl sites for hydroxylation is 2. The monoisotopic (exact) mass is 440 g/mol. The summed E-state index contributed by atoms with van der Waals surface area (Å²) in [5.74, 6) is 1.24. The van der Waals surface area contributed by atoms with Crippen LogP contribution in [-0.4, -0.2) is 33.9 Å². The zero-order valence-electron chi connectivity index (χ0n) is 19.7. The van der Waals surface area contributed by atoms with E-state index in [2.05, 4.69) is 64.1 Å². The van der Waals surface area contributed by atoms with Gasteiger partial charge in [-0.05, 0) is 75.3 Å². The first kappa shape index (κ1) is 21.2. The van der Waals surface area contributed by atoms with Crippen LogP contribution in [0.4, 0.5) is 0 Å². The number of hydrogen-bond donors (Lipinski definition) is 0. The maximum Gasteiger partial charge on any atom is 0.165 e. The summed E-state index contributed by atoms with van der Waals surface area (Å²) in [4.78, 5) is 15.5. The van der Waals surface area contributed by atoms with Crippen LogP contribution < -0.4 is 0 Å². The number of aromatic nitrogens is 1. The Morgan fingerprint density at radius 1 is 0.848 bits per heavy atom. The van der Waals surface area contributed by atoms with E-state index in [9.17, 15) is 4.79 Å². The lowest BCUT2D eigenvalue weighted by molar-refractivity contribution is 0.0969. The van der Waals surface area contributed by atoms with Crippen molar-refractivity contribution in [3.05, 3.63) is 71.4 Å². The molecule has 3 heterocycles. The molecule has 2 bridgehead atoms. The Balaban J connectivity index is 1.09. The van der Waals surface area contributed by atoms with Gasteiger partial charge in [0.2, 0.25) is 0 Å². The van der Waals surface area contributed by atoms with Crippen molar-refractivity contribution < 1.29 is 4.79 Å². The Hall–Kier alpha value is -2.39. The third-order valence-electron chi connectivity index (χ3n) is 8.64. The Morgan fingerprint density at radius 3 is 2.42 bits per heavy atom. The van der Waals surface area contributed by atoms with Gasteiger partial charge in [-0.15, -0.1) is 0 Å². The van der Waals surface area contributed by atoms with E-state index in [1.807, 2.05) is 0 Å². The van der Waals surface area contributed by atoms with E-state index in [-0.39, 0.29) is 0 Å². The largest absolute Gasteiger partial charge is 0.344 e. The maximum atomic E-state index is 12.7. The minimum Gasteiger partial charge on any atom is -0.344 e. The third-order valence-corrected chi connectivity index (χ3v) is 8.64. The smallest absolute Gasteiger partial charge is 0.165 e. The highest BCUT2D eigenvalue weighted by molar-refractivity contribution is 6.10. The molecule has 3 heteroatoms. The Morgan fingerprint density at radius 2 is 1.61 bits per heavy atom. The quantitative estimate of drug-likeness (QED) is 0.423. The summed E-state index contributed by atoms with van der Waals surface area (Å²) in [5.41, 5.74) is 5.08. The third kappa shape index (κ3) is 4.05. The minimum atomic E-state index is 0.349. The van der Waals surface area contributed by atoms with Crippen molar-refractivity contribution in [3.8, 4) is 0 Å². The summed E-state index contributed by atoms with van der Waals surface area (Å²) in [6.07, 6.45) is 12.1. The number of Topliss-reactive ketones (excluding diaryl/α,β-unsaturated/α-hetero) is 1. The number of hydrogen-bond acceptors (Lipinski definition) is 2. The molecule has 1 aromatic heterocycles. The lowest BCUT2D eigenvalue weighted by Crippen LogP contribution is -2.43. The molecule has 0 amide bonds. The summed E-state index contributed by atoms with van der Waals surface area (Å²) in [7, 11) is 0. The standard InChI is InChI=1S/C30H36N2O/c33-29-13-6-12-28-30(29)26-10-4-5-11-27(26)32(28)19-7-18-31-24-16-17-25(31)21-23(20-24)15-14-22-8-2-1-3-9-22/h1-5,8-11,23-25H,6-7,12-21H2. The molecule has 172 valence electrons. The molecule has 2 atom stereocenters. The molecule has 3 aliphatic rings. The number of para-hydroxylation sites is 1. The summed E-state index contributed by atoms with van der Waals surface area (Å²) >= 11 is 0. The molecule has 2 aliphatic heterocycles. The number of fused-ring (bicyclic) bond motifs is 5. The molecule has 0 saturated carbocycles. The molecule has 3 nitrogen and oxygen atoms in total. The van der Waals surface area contributed by atoms with Crippen LogP contribution in [0.2, 0.25) is 0 Å². The van der Waals surface area contributed by atoms with Crippen LogP contribution in [0.1, 0.15) is 73.0 Å². The second-order valence-corrected chi connectivity index (χ2v) is 10.6. The van der Waals surface area contributed by atoms with E-state index in [0.717, 1.165) is 43.0 Å². The SMILES string of the molecule is O=C1CCCc2c1c1ccccc1n2CCCN1C2CCC1CC(CCc1ccccc1)C2. The van der Waals surface area contributed by atoms with Crippen molar-refractivity contribution in [1.82, 2.24) is 9.47 Å².